The van der Waals surface area contributed by atoms with Crippen LogP contribution in [0, 0.1) is 25.7 Å². The summed E-state index contributed by atoms with van der Waals surface area (Å²) in [5, 5.41) is 0. The van der Waals surface area contributed by atoms with Crippen molar-refractivity contribution in [3.8, 4) is 0 Å². The smallest absolute Gasteiger partial charge is 0.179 e. The van der Waals surface area contributed by atoms with Crippen LogP contribution in [-0.2, 0) is 0 Å². The fraction of sp³-hybridized carbons (Fsp3) is 0.611. The summed E-state index contributed by atoms with van der Waals surface area (Å²) in [6.45, 7) is 12.8. The summed E-state index contributed by atoms with van der Waals surface area (Å²) in [6.07, 6.45) is 1.22. The molecule has 2 atom stereocenters. The second-order valence-electron chi connectivity index (χ2n) is 6.65. The second kappa shape index (κ2) is 6.09. The SMILES string of the molecule is Cc1ccc(C)c(C(=O)C(C)N2CCC(C(C)C)C2)c1. The van der Waals surface area contributed by atoms with Gasteiger partial charge in [0.05, 0.1) is 6.04 Å². The van der Waals surface area contributed by atoms with E-state index < -0.39 is 0 Å². The highest BCUT2D eigenvalue weighted by atomic mass is 16.1. The Bertz CT molecular complexity index is 492. The molecule has 2 rings (SSSR count). The Morgan fingerprint density at radius 2 is 1.95 bits per heavy atom. The van der Waals surface area contributed by atoms with E-state index in [0.29, 0.717) is 5.92 Å². The van der Waals surface area contributed by atoms with Gasteiger partial charge >= 0.3 is 0 Å². The van der Waals surface area contributed by atoms with Crippen LogP contribution in [0.3, 0.4) is 0 Å². The summed E-state index contributed by atoms with van der Waals surface area (Å²) in [5.74, 6) is 1.72. The van der Waals surface area contributed by atoms with Gasteiger partial charge in [-0.25, -0.2) is 0 Å². The molecule has 1 heterocycles. The average molecular weight is 273 g/mol. The van der Waals surface area contributed by atoms with Gasteiger partial charge in [-0.2, -0.15) is 0 Å². The first-order chi connectivity index (χ1) is 9.40. The second-order valence-corrected chi connectivity index (χ2v) is 6.65. The monoisotopic (exact) mass is 273 g/mol. The van der Waals surface area contributed by atoms with E-state index in [1.165, 1.54) is 6.42 Å². The highest BCUT2D eigenvalue weighted by Gasteiger charge is 2.31. The first-order valence-electron chi connectivity index (χ1n) is 7.75. The molecular weight excluding hydrogens is 246 g/mol. The normalized spacial score (nSPS) is 21.4. The number of likely N-dealkylation sites (tertiary alicyclic amines) is 1. The van der Waals surface area contributed by atoms with Gasteiger partial charge in [0.25, 0.3) is 0 Å². The molecule has 0 bridgehead atoms. The topological polar surface area (TPSA) is 20.3 Å². The summed E-state index contributed by atoms with van der Waals surface area (Å²) < 4.78 is 0. The maximum Gasteiger partial charge on any atom is 0.179 e. The van der Waals surface area contributed by atoms with Crippen LogP contribution >= 0.6 is 0 Å². The Labute approximate surface area is 123 Å². The molecule has 20 heavy (non-hydrogen) atoms. The van der Waals surface area contributed by atoms with E-state index in [4.69, 9.17) is 0 Å². The quantitative estimate of drug-likeness (QED) is 0.777. The van der Waals surface area contributed by atoms with E-state index >= 15 is 0 Å². The molecular formula is C18H27NO. The van der Waals surface area contributed by atoms with Crippen molar-refractivity contribution in [2.45, 2.75) is 47.1 Å². The van der Waals surface area contributed by atoms with Crippen molar-refractivity contribution in [3.05, 3.63) is 34.9 Å². The van der Waals surface area contributed by atoms with Gasteiger partial charge in [0, 0.05) is 12.1 Å². The Morgan fingerprint density at radius 1 is 1.25 bits per heavy atom. The number of carbonyl (C=O) groups is 1. The third-order valence-corrected chi connectivity index (χ3v) is 4.78. The molecule has 1 saturated heterocycles. The lowest BCUT2D eigenvalue weighted by atomic mass is 9.95. The fourth-order valence-corrected chi connectivity index (χ4v) is 3.10. The average Bonchev–Trinajstić information content (AvgIpc) is 2.89. The van der Waals surface area contributed by atoms with E-state index in [9.17, 15) is 4.79 Å². The lowest BCUT2D eigenvalue weighted by Crippen LogP contribution is -2.38. The zero-order valence-electron chi connectivity index (χ0n) is 13.4. The van der Waals surface area contributed by atoms with Crippen LogP contribution in [0.1, 0.15) is 48.7 Å². The van der Waals surface area contributed by atoms with Gasteiger partial charge in [0.2, 0.25) is 0 Å². The Morgan fingerprint density at radius 3 is 2.55 bits per heavy atom. The summed E-state index contributed by atoms with van der Waals surface area (Å²) in [7, 11) is 0. The Hall–Kier alpha value is -1.15. The number of hydrogen-bond acceptors (Lipinski definition) is 2. The fourth-order valence-electron chi connectivity index (χ4n) is 3.10. The van der Waals surface area contributed by atoms with E-state index in [1.807, 2.05) is 19.9 Å². The van der Waals surface area contributed by atoms with Crippen molar-refractivity contribution in [2.75, 3.05) is 13.1 Å². The van der Waals surface area contributed by atoms with E-state index in [2.05, 4.69) is 37.8 Å². The molecule has 1 aromatic rings. The lowest BCUT2D eigenvalue weighted by Gasteiger charge is -2.24. The summed E-state index contributed by atoms with van der Waals surface area (Å²) in [5.41, 5.74) is 3.14. The third-order valence-electron chi connectivity index (χ3n) is 4.78. The number of hydrogen-bond donors (Lipinski definition) is 0. The van der Waals surface area contributed by atoms with Gasteiger partial charge < -0.3 is 0 Å². The standard InChI is InChI=1S/C18H27NO/c1-12(2)16-8-9-19(11-16)15(5)18(20)17-10-13(3)6-7-14(17)4/h6-7,10,12,15-16H,8-9,11H2,1-5H3. The molecule has 0 spiro atoms. The minimum Gasteiger partial charge on any atom is -0.293 e. The number of rotatable bonds is 4. The van der Waals surface area contributed by atoms with Gasteiger partial charge in [0.1, 0.15) is 0 Å². The van der Waals surface area contributed by atoms with Crippen LogP contribution in [0.2, 0.25) is 0 Å². The van der Waals surface area contributed by atoms with Crippen molar-refractivity contribution in [1.29, 1.82) is 0 Å². The van der Waals surface area contributed by atoms with Crippen molar-refractivity contribution in [2.24, 2.45) is 11.8 Å². The highest BCUT2D eigenvalue weighted by molar-refractivity contribution is 6.01. The molecule has 1 aliphatic rings. The lowest BCUT2D eigenvalue weighted by molar-refractivity contribution is 0.0859. The van der Waals surface area contributed by atoms with Crippen molar-refractivity contribution in [3.63, 3.8) is 0 Å². The van der Waals surface area contributed by atoms with E-state index in [-0.39, 0.29) is 11.8 Å². The zero-order chi connectivity index (χ0) is 14.9. The Kier molecular flexibility index (Phi) is 4.64. The van der Waals surface area contributed by atoms with Crippen LogP contribution in [0.25, 0.3) is 0 Å². The van der Waals surface area contributed by atoms with Crippen LogP contribution in [0.4, 0.5) is 0 Å². The number of carbonyl (C=O) groups excluding carboxylic acids is 1. The number of nitrogens with zero attached hydrogens (tertiary/aromatic N) is 1. The van der Waals surface area contributed by atoms with Gasteiger partial charge in [-0.3, -0.25) is 9.69 Å². The first-order valence-corrected chi connectivity index (χ1v) is 7.75. The molecule has 1 aromatic carbocycles. The largest absolute Gasteiger partial charge is 0.293 e. The van der Waals surface area contributed by atoms with Gasteiger partial charge in [-0.05, 0) is 57.2 Å². The van der Waals surface area contributed by atoms with Crippen molar-refractivity contribution >= 4 is 5.78 Å². The molecule has 0 aromatic heterocycles. The first kappa shape index (κ1) is 15.2. The maximum atomic E-state index is 12.7. The molecule has 2 unspecified atom stereocenters. The van der Waals surface area contributed by atoms with Crippen LogP contribution < -0.4 is 0 Å². The number of Topliss-reactive ketones (excluding diaryl/α,β-unsaturated/α-hetero) is 1. The van der Waals surface area contributed by atoms with Crippen molar-refractivity contribution in [1.82, 2.24) is 4.90 Å². The van der Waals surface area contributed by atoms with Gasteiger partial charge in [-0.1, -0.05) is 31.5 Å². The van der Waals surface area contributed by atoms with Gasteiger partial charge in [-0.15, -0.1) is 0 Å². The van der Waals surface area contributed by atoms with Crippen LogP contribution in [0.5, 0.6) is 0 Å². The molecule has 2 heteroatoms. The van der Waals surface area contributed by atoms with Crippen molar-refractivity contribution < 1.29 is 4.79 Å². The van der Waals surface area contributed by atoms with Crippen LogP contribution in [0.15, 0.2) is 18.2 Å². The predicted octanol–water partition coefficient (Wildman–Crippen LogP) is 3.85. The summed E-state index contributed by atoms with van der Waals surface area (Å²) in [6, 6.07) is 6.15. The third kappa shape index (κ3) is 3.12. The van der Waals surface area contributed by atoms with E-state index in [1.54, 1.807) is 0 Å². The minimum atomic E-state index is -0.000694. The maximum absolute atomic E-state index is 12.7. The molecule has 0 radical (unpaired) electrons. The molecule has 0 saturated carbocycles. The summed E-state index contributed by atoms with van der Waals surface area (Å²) >= 11 is 0. The Balaban J connectivity index is 2.11. The highest BCUT2D eigenvalue weighted by Crippen LogP contribution is 2.26. The molecule has 1 fully saturated rings. The molecule has 0 N–H and O–H groups in total. The number of aryl methyl sites for hydroxylation is 2. The summed E-state index contributed by atoms with van der Waals surface area (Å²) in [4.78, 5) is 15.1. The molecule has 1 aliphatic heterocycles. The predicted molar refractivity (Wildman–Crippen MR) is 84.2 cm³/mol. The number of benzene rings is 1. The van der Waals surface area contributed by atoms with E-state index in [0.717, 1.165) is 35.7 Å². The molecule has 0 amide bonds. The van der Waals surface area contributed by atoms with Gasteiger partial charge in [0.15, 0.2) is 5.78 Å². The molecule has 0 aliphatic carbocycles. The number of ketones is 1. The van der Waals surface area contributed by atoms with Crippen LogP contribution in [-0.4, -0.2) is 29.8 Å². The zero-order valence-corrected chi connectivity index (χ0v) is 13.4. The minimum absolute atomic E-state index is 0.000694. The molecule has 110 valence electrons. The molecule has 2 nitrogen and oxygen atoms in total.